The lowest BCUT2D eigenvalue weighted by Crippen LogP contribution is -2.23. The highest BCUT2D eigenvalue weighted by Gasteiger charge is 2.15. The van der Waals surface area contributed by atoms with E-state index >= 15 is 0 Å². The van der Waals surface area contributed by atoms with Crippen LogP contribution in [0.1, 0.15) is 29.7 Å². The summed E-state index contributed by atoms with van der Waals surface area (Å²) in [5.74, 6) is -0.323. The molecule has 0 saturated heterocycles. The second kappa shape index (κ2) is 7.39. The summed E-state index contributed by atoms with van der Waals surface area (Å²) in [5, 5.41) is 3.59. The number of likely N-dealkylation sites (N-methyl/N-ethyl adjacent to an activating group) is 1. The number of hydrogen-bond acceptors (Lipinski definition) is 1. The predicted molar refractivity (Wildman–Crippen MR) is 90.4 cm³/mol. The number of halogens is 3. The quantitative estimate of drug-likeness (QED) is 0.738. The van der Waals surface area contributed by atoms with Gasteiger partial charge in [0.05, 0.1) is 5.02 Å². The lowest BCUT2D eigenvalue weighted by atomic mass is 9.97. The molecular formula is C17H18BrClFN. The lowest BCUT2D eigenvalue weighted by molar-refractivity contribution is 0.528. The molecule has 21 heavy (non-hydrogen) atoms. The molecule has 0 spiro atoms. The van der Waals surface area contributed by atoms with Crippen LogP contribution in [0.25, 0.3) is 0 Å². The summed E-state index contributed by atoms with van der Waals surface area (Å²) in [6.45, 7) is 4.92. The highest BCUT2D eigenvalue weighted by atomic mass is 79.9. The Hall–Kier alpha value is -0.900. The monoisotopic (exact) mass is 369 g/mol. The second-order valence-electron chi connectivity index (χ2n) is 5.04. The molecule has 112 valence electrons. The molecule has 1 unspecified atom stereocenters. The summed E-state index contributed by atoms with van der Waals surface area (Å²) >= 11 is 9.37. The third-order valence-electron chi connectivity index (χ3n) is 3.49. The second-order valence-corrected chi connectivity index (χ2v) is 6.30. The van der Waals surface area contributed by atoms with Gasteiger partial charge >= 0.3 is 0 Å². The van der Waals surface area contributed by atoms with Gasteiger partial charge in [-0.3, -0.25) is 0 Å². The summed E-state index contributed by atoms with van der Waals surface area (Å²) < 4.78 is 15.2. The SMILES string of the molecule is CCNC(Cc1cccc(Cl)c1F)c1ccc(Br)c(C)c1. The zero-order valence-electron chi connectivity index (χ0n) is 12.1. The van der Waals surface area contributed by atoms with E-state index in [4.69, 9.17) is 11.6 Å². The minimum Gasteiger partial charge on any atom is -0.310 e. The average Bonchev–Trinajstić information content (AvgIpc) is 2.46. The molecule has 1 atom stereocenters. The van der Waals surface area contributed by atoms with Gasteiger partial charge in [-0.25, -0.2) is 4.39 Å². The van der Waals surface area contributed by atoms with Crippen molar-refractivity contribution in [1.82, 2.24) is 5.32 Å². The van der Waals surface area contributed by atoms with Gasteiger partial charge in [0.25, 0.3) is 0 Å². The van der Waals surface area contributed by atoms with E-state index in [1.807, 2.05) is 13.0 Å². The van der Waals surface area contributed by atoms with E-state index in [0.29, 0.717) is 12.0 Å². The van der Waals surface area contributed by atoms with E-state index in [-0.39, 0.29) is 16.9 Å². The highest BCUT2D eigenvalue weighted by molar-refractivity contribution is 9.10. The van der Waals surface area contributed by atoms with Crippen molar-refractivity contribution in [2.75, 3.05) is 6.54 Å². The average molecular weight is 371 g/mol. The Labute approximate surface area is 138 Å². The highest BCUT2D eigenvalue weighted by Crippen LogP contribution is 2.26. The summed E-state index contributed by atoms with van der Waals surface area (Å²) in [6.07, 6.45) is 0.571. The van der Waals surface area contributed by atoms with Gasteiger partial charge in [-0.2, -0.15) is 0 Å². The number of aryl methyl sites for hydroxylation is 1. The van der Waals surface area contributed by atoms with Gasteiger partial charge in [-0.05, 0) is 48.7 Å². The molecule has 1 N–H and O–H groups in total. The van der Waals surface area contributed by atoms with Crippen LogP contribution in [0.15, 0.2) is 40.9 Å². The number of rotatable bonds is 5. The van der Waals surface area contributed by atoms with Crippen molar-refractivity contribution in [2.24, 2.45) is 0 Å². The third kappa shape index (κ3) is 4.06. The van der Waals surface area contributed by atoms with Crippen molar-refractivity contribution < 1.29 is 4.39 Å². The molecule has 0 saturated carbocycles. The Morgan fingerprint density at radius 3 is 2.71 bits per heavy atom. The van der Waals surface area contributed by atoms with Gasteiger partial charge in [-0.15, -0.1) is 0 Å². The van der Waals surface area contributed by atoms with Crippen LogP contribution < -0.4 is 5.32 Å². The van der Waals surface area contributed by atoms with Gasteiger partial charge in [-0.1, -0.05) is 58.7 Å². The van der Waals surface area contributed by atoms with Crippen LogP contribution in [0.4, 0.5) is 4.39 Å². The van der Waals surface area contributed by atoms with Gasteiger partial charge in [0.1, 0.15) is 5.82 Å². The Bertz CT molecular complexity index is 630. The first-order chi connectivity index (χ1) is 10.0. The Kier molecular flexibility index (Phi) is 5.80. The molecule has 0 heterocycles. The topological polar surface area (TPSA) is 12.0 Å². The minimum atomic E-state index is -0.323. The van der Waals surface area contributed by atoms with Crippen LogP contribution in [0.5, 0.6) is 0 Å². The van der Waals surface area contributed by atoms with Crippen molar-refractivity contribution in [2.45, 2.75) is 26.3 Å². The van der Waals surface area contributed by atoms with E-state index < -0.39 is 0 Å². The molecule has 2 aromatic rings. The van der Waals surface area contributed by atoms with Crippen LogP contribution in [0.3, 0.4) is 0 Å². The molecule has 2 rings (SSSR count). The molecule has 0 aliphatic rings. The smallest absolute Gasteiger partial charge is 0.145 e. The maximum atomic E-state index is 14.1. The molecule has 0 amide bonds. The fraction of sp³-hybridized carbons (Fsp3) is 0.294. The standard InChI is InChI=1S/C17H18BrClFN/c1-3-21-16(12-7-8-14(18)11(2)9-12)10-13-5-4-6-15(19)17(13)20/h4-9,16,21H,3,10H2,1-2H3. The molecule has 0 radical (unpaired) electrons. The van der Waals surface area contributed by atoms with Crippen LogP contribution in [0.2, 0.25) is 5.02 Å². The Balaban J connectivity index is 2.30. The van der Waals surface area contributed by atoms with Crippen molar-refractivity contribution in [3.8, 4) is 0 Å². The fourth-order valence-electron chi connectivity index (χ4n) is 2.36. The van der Waals surface area contributed by atoms with E-state index in [1.54, 1.807) is 18.2 Å². The predicted octanol–water partition coefficient (Wildman–Crippen LogP) is 5.44. The normalized spacial score (nSPS) is 12.4. The largest absolute Gasteiger partial charge is 0.310 e. The molecular weight excluding hydrogens is 353 g/mol. The summed E-state index contributed by atoms with van der Waals surface area (Å²) in [6, 6.07) is 11.4. The molecule has 0 bridgehead atoms. The van der Waals surface area contributed by atoms with E-state index in [2.05, 4.69) is 40.3 Å². The maximum Gasteiger partial charge on any atom is 0.145 e. The van der Waals surface area contributed by atoms with Crippen LogP contribution >= 0.6 is 27.5 Å². The van der Waals surface area contributed by atoms with Gasteiger partial charge in [0, 0.05) is 10.5 Å². The van der Waals surface area contributed by atoms with Crippen LogP contribution in [-0.4, -0.2) is 6.54 Å². The minimum absolute atomic E-state index is 0.0646. The first-order valence-electron chi connectivity index (χ1n) is 6.95. The molecule has 4 heteroatoms. The van der Waals surface area contributed by atoms with Crippen molar-refractivity contribution in [3.63, 3.8) is 0 Å². The molecule has 1 nitrogen and oxygen atoms in total. The zero-order valence-corrected chi connectivity index (χ0v) is 14.4. The van der Waals surface area contributed by atoms with Crippen molar-refractivity contribution >= 4 is 27.5 Å². The first kappa shape index (κ1) is 16.5. The van der Waals surface area contributed by atoms with Crippen LogP contribution in [0, 0.1) is 12.7 Å². The van der Waals surface area contributed by atoms with E-state index in [9.17, 15) is 4.39 Å². The molecule has 0 aromatic heterocycles. The lowest BCUT2D eigenvalue weighted by Gasteiger charge is -2.20. The van der Waals surface area contributed by atoms with Gasteiger partial charge in [0.2, 0.25) is 0 Å². The Morgan fingerprint density at radius 2 is 2.05 bits per heavy atom. The molecule has 0 aliphatic carbocycles. The summed E-state index contributed by atoms with van der Waals surface area (Å²) in [7, 11) is 0. The summed E-state index contributed by atoms with van der Waals surface area (Å²) in [4.78, 5) is 0. The molecule has 0 fully saturated rings. The van der Waals surface area contributed by atoms with E-state index in [1.165, 1.54) is 5.56 Å². The number of nitrogens with one attached hydrogen (secondary N) is 1. The van der Waals surface area contributed by atoms with Gasteiger partial charge in [0.15, 0.2) is 0 Å². The van der Waals surface area contributed by atoms with Crippen molar-refractivity contribution in [3.05, 3.63) is 68.4 Å². The van der Waals surface area contributed by atoms with E-state index in [0.717, 1.165) is 16.6 Å². The van der Waals surface area contributed by atoms with Crippen molar-refractivity contribution in [1.29, 1.82) is 0 Å². The zero-order chi connectivity index (χ0) is 15.4. The molecule has 2 aromatic carbocycles. The Morgan fingerprint density at radius 1 is 1.29 bits per heavy atom. The fourth-order valence-corrected chi connectivity index (χ4v) is 2.81. The third-order valence-corrected chi connectivity index (χ3v) is 4.67. The molecule has 0 aliphatic heterocycles. The number of benzene rings is 2. The number of hydrogen-bond donors (Lipinski definition) is 1. The van der Waals surface area contributed by atoms with Gasteiger partial charge < -0.3 is 5.32 Å². The first-order valence-corrected chi connectivity index (χ1v) is 8.12. The maximum absolute atomic E-state index is 14.1. The van der Waals surface area contributed by atoms with Crippen LogP contribution in [-0.2, 0) is 6.42 Å². The summed E-state index contributed by atoms with van der Waals surface area (Å²) in [5.41, 5.74) is 2.95.